The van der Waals surface area contributed by atoms with Crippen LogP contribution in [0.25, 0.3) is 0 Å². The third-order valence-electron chi connectivity index (χ3n) is 4.26. The van der Waals surface area contributed by atoms with Crippen molar-refractivity contribution in [2.75, 3.05) is 0 Å². The minimum atomic E-state index is -1.15. The molecule has 0 radical (unpaired) electrons. The van der Waals surface area contributed by atoms with Crippen LogP contribution in [0, 0.1) is 5.92 Å². The quantitative estimate of drug-likeness (QED) is 0.891. The first kappa shape index (κ1) is 15.5. The van der Waals surface area contributed by atoms with E-state index in [0.29, 0.717) is 18.8 Å². The number of carboxylic acids is 1. The summed E-state index contributed by atoms with van der Waals surface area (Å²) in [6.45, 7) is 6.05. The maximum Gasteiger partial charge on any atom is 0.329 e. The molecule has 6 heteroatoms. The molecule has 1 heterocycles. The summed E-state index contributed by atoms with van der Waals surface area (Å²) in [4.78, 5) is 23.9. The van der Waals surface area contributed by atoms with Gasteiger partial charge in [-0.05, 0) is 51.5 Å². The molecule has 1 amide bonds. The molecule has 116 valence electrons. The van der Waals surface area contributed by atoms with Crippen molar-refractivity contribution in [2.24, 2.45) is 5.92 Å². The van der Waals surface area contributed by atoms with E-state index in [0.717, 1.165) is 12.8 Å². The van der Waals surface area contributed by atoms with Crippen molar-refractivity contribution in [3.05, 3.63) is 18.0 Å². The number of nitrogens with one attached hydrogen (secondary N) is 1. The first-order valence-electron chi connectivity index (χ1n) is 7.45. The number of carbonyl (C=O) groups excluding carboxylic acids is 1. The van der Waals surface area contributed by atoms with Crippen LogP contribution in [-0.4, -0.2) is 32.3 Å². The van der Waals surface area contributed by atoms with Crippen molar-refractivity contribution in [3.8, 4) is 0 Å². The SMILES string of the molecule is CC1CCC(NC(=O)c2ccn(C(C)C)n2)(C(=O)O)CC1. The van der Waals surface area contributed by atoms with E-state index in [9.17, 15) is 14.7 Å². The fourth-order valence-corrected chi connectivity index (χ4v) is 2.68. The van der Waals surface area contributed by atoms with E-state index in [1.54, 1.807) is 16.9 Å². The van der Waals surface area contributed by atoms with Crippen LogP contribution in [0.1, 0.15) is 63.0 Å². The smallest absolute Gasteiger partial charge is 0.329 e. The summed E-state index contributed by atoms with van der Waals surface area (Å²) in [6, 6.07) is 1.78. The van der Waals surface area contributed by atoms with Crippen LogP contribution in [0.4, 0.5) is 0 Å². The van der Waals surface area contributed by atoms with Gasteiger partial charge in [0.25, 0.3) is 5.91 Å². The lowest BCUT2D eigenvalue weighted by Crippen LogP contribution is -2.56. The maximum atomic E-state index is 12.3. The summed E-state index contributed by atoms with van der Waals surface area (Å²) in [7, 11) is 0. The Kier molecular flexibility index (Phi) is 4.34. The molecule has 1 aromatic rings. The number of carboxylic acid groups (broad SMARTS) is 1. The molecule has 0 spiro atoms. The molecule has 1 saturated carbocycles. The standard InChI is InChI=1S/C15H23N3O3/c1-10(2)18-9-6-12(17-18)13(19)16-15(14(20)21)7-4-11(3)5-8-15/h6,9-11H,4-5,7-8H2,1-3H3,(H,16,19)(H,20,21). The second-order valence-corrected chi connectivity index (χ2v) is 6.30. The molecular formula is C15H23N3O3. The van der Waals surface area contributed by atoms with E-state index in [-0.39, 0.29) is 11.7 Å². The number of carbonyl (C=O) groups is 2. The van der Waals surface area contributed by atoms with E-state index < -0.39 is 17.4 Å². The lowest BCUT2D eigenvalue weighted by molar-refractivity contribution is -0.146. The lowest BCUT2D eigenvalue weighted by Gasteiger charge is -2.36. The van der Waals surface area contributed by atoms with Gasteiger partial charge >= 0.3 is 5.97 Å². The van der Waals surface area contributed by atoms with Gasteiger partial charge < -0.3 is 10.4 Å². The van der Waals surface area contributed by atoms with Crippen molar-refractivity contribution in [1.29, 1.82) is 0 Å². The third-order valence-corrected chi connectivity index (χ3v) is 4.26. The monoisotopic (exact) mass is 293 g/mol. The average molecular weight is 293 g/mol. The molecule has 6 nitrogen and oxygen atoms in total. The number of rotatable bonds is 4. The number of amides is 1. The Balaban J connectivity index is 2.13. The van der Waals surface area contributed by atoms with Crippen LogP contribution in [0.2, 0.25) is 0 Å². The Morgan fingerprint density at radius 3 is 2.52 bits per heavy atom. The predicted octanol–water partition coefficient (Wildman–Crippen LogP) is 2.23. The fourth-order valence-electron chi connectivity index (χ4n) is 2.68. The predicted molar refractivity (Wildman–Crippen MR) is 78.1 cm³/mol. The van der Waals surface area contributed by atoms with Gasteiger partial charge in [-0.2, -0.15) is 5.10 Å². The zero-order valence-corrected chi connectivity index (χ0v) is 12.8. The molecule has 2 rings (SSSR count). The fraction of sp³-hybridized carbons (Fsp3) is 0.667. The van der Waals surface area contributed by atoms with Gasteiger partial charge in [-0.15, -0.1) is 0 Å². The van der Waals surface area contributed by atoms with Gasteiger partial charge in [0.15, 0.2) is 0 Å². The highest BCUT2D eigenvalue weighted by Gasteiger charge is 2.42. The second-order valence-electron chi connectivity index (χ2n) is 6.30. The normalized spacial score (nSPS) is 25.8. The van der Waals surface area contributed by atoms with Crippen molar-refractivity contribution in [1.82, 2.24) is 15.1 Å². The zero-order chi connectivity index (χ0) is 15.6. The number of hydrogen-bond donors (Lipinski definition) is 2. The molecular weight excluding hydrogens is 270 g/mol. The van der Waals surface area contributed by atoms with E-state index in [1.807, 2.05) is 13.8 Å². The van der Waals surface area contributed by atoms with Crippen molar-refractivity contribution < 1.29 is 14.7 Å². The molecule has 0 unspecified atom stereocenters. The maximum absolute atomic E-state index is 12.3. The Bertz CT molecular complexity index is 528. The topological polar surface area (TPSA) is 84.2 Å². The van der Waals surface area contributed by atoms with Crippen LogP contribution in [0.3, 0.4) is 0 Å². The van der Waals surface area contributed by atoms with Crippen molar-refractivity contribution in [3.63, 3.8) is 0 Å². The van der Waals surface area contributed by atoms with Crippen molar-refractivity contribution >= 4 is 11.9 Å². The average Bonchev–Trinajstić information content (AvgIpc) is 2.91. The number of nitrogens with zero attached hydrogens (tertiary/aromatic N) is 2. The molecule has 1 aliphatic rings. The van der Waals surface area contributed by atoms with E-state index in [4.69, 9.17) is 0 Å². The van der Waals surface area contributed by atoms with E-state index in [1.165, 1.54) is 0 Å². The molecule has 21 heavy (non-hydrogen) atoms. The Morgan fingerprint density at radius 1 is 1.43 bits per heavy atom. The molecule has 1 aliphatic carbocycles. The first-order valence-corrected chi connectivity index (χ1v) is 7.45. The van der Waals surface area contributed by atoms with Gasteiger partial charge in [0.05, 0.1) is 0 Å². The molecule has 0 aliphatic heterocycles. The first-order chi connectivity index (χ1) is 9.84. The number of aliphatic carboxylic acids is 1. The summed E-state index contributed by atoms with van der Waals surface area (Å²) in [5.74, 6) is -0.855. The van der Waals surface area contributed by atoms with E-state index >= 15 is 0 Å². The largest absolute Gasteiger partial charge is 0.480 e. The number of aromatic nitrogens is 2. The summed E-state index contributed by atoms with van der Waals surface area (Å²) in [5.41, 5.74) is -0.881. The van der Waals surface area contributed by atoms with Crippen LogP contribution < -0.4 is 5.32 Å². The van der Waals surface area contributed by atoms with Crippen LogP contribution in [0.15, 0.2) is 12.3 Å². The van der Waals surface area contributed by atoms with Crippen LogP contribution >= 0.6 is 0 Å². The molecule has 0 aromatic carbocycles. The minimum Gasteiger partial charge on any atom is -0.480 e. The molecule has 0 saturated heterocycles. The lowest BCUT2D eigenvalue weighted by atomic mass is 9.77. The van der Waals surface area contributed by atoms with E-state index in [2.05, 4.69) is 17.3 Å². The summed E-state index contributed by atoms with van der Waals surface area (Å²) < 4.78 is 1.69. The molecule has 2 N–H and O–H groups in total. The molecule has 0 atom stereocenters. The summed E-state index contributed by atoms with van der Waals surface area (Å²) >= 11 is 0. The Morgan fingerprint density at radius 2 is 2.05 bits per heavy atom. The molecule has 1 fully saturated rings. The van der Waals surface area contributed by atoms with Gasteiger partial charge in [-0.1, -0.05) is 6.92 Å². The van der Waals surface area contributed by atoms with Gasteiger partial charge in [0, 0.05) is 12.2 Å². The summed E-state index contributed by atoms with van der Waals surface area (Å²) in [6.07, 6.45) is 4.30. The third kappa shape index (κ3) is 3.25. The molecule has 1 aromatic heterocycles. The van der Waals surface area contributed by atoms with Crippen molar-refractivity contribution in [2.45, 2.75) is 58.0 Å². The minimum absolute atomic E-state index is 0.163. The van der Waals surface area contributed by atoms with Gasteiger partial charge in [-0.3, -0.25) is 9.48 Å². The molecule has 0 bridgehead atoms. The highest BCUT2D eigenvalue weighted by Crippen LogP contribution is 2.32. The van der Waals surface area contributed by atoms with Crippen LogP contribution in [-0.2, 0) is 4.79 Å². The van der Waals surface area contributed by atoms with Gasteiger partial charge in [0.2, 0.25) is 0 Å². The Hall–Kier alpha value is -1.85. The van der Waals surface area contributed by atoms with Gasteiger partial charge in [-0.25, -0.2) is 4.79 Å². The highest BCUT2D eigenvalue weighted by atomic mass is 16.4. The number of hydrogen-bond acceptors (Lipinski definition) is 3. The van der Waals surface area contributed by atoms with Gasteiger partial charge in [0.1, 0.15) is 11.2 Å². The second kappa shape index (κ2) is 5.87. The summed E-state index contributed by atoms with van der Waals surface area (Å²) in [5, 5.41) is 16.4. The Labute approximate surface area is 124 Å². The van der Waals surface area contributed by atoms with Crippen LogP contribution in [0.5, 0.6) is 0 Å². The highest BCUT2D eigenvalue weighted by molar-refractivity contribution is 5.96. The zero-order valence-electron chi connectivity index (χ0n) is 12.8.